The Labute approximate surface area is 168 Å². The van der Waals surface area contributed by atoms with E-state index in [0.29, 0.717) is 43.5 Å². The first-order valence-corrected chi connectivity index (χ1v) is 9.91. The maximum absolute atomic E-state index is 12.7. The molecule has 1 aromatic carbocycles. The summed E-state index contributed by atoms with van der Waals surface area (Å²) in [6.07, 6.45) is 6.22. The highest BCUT2D eigenvalue weighted by molar-refractivity contribution is 6.07. The van der Waals surface area contributed by atoms with Gasteiger partial charge in [-0.2, -0.15) is 0 Å². The minimum atomic E-state index is -0.770. The molecule has 4 rings (SSSR count). The number of nitrogens with one attached hydrogen (secondary N) is 1. The lowest BCUT2D eigenvalue weighted by Crippen LogP contribution is -2.29. The fourth-order valence-corrected chi connectivity index (χ4v) is 4.18. The van der Waals surface area contributed by atoms with Crippen molar-refractivity contribution >= 4 is 29.2 Å². The largest absolute Gasteiger partial charge is 0.481 e. The molecule has 0 unspecified atom stereocenters. The fourth-order valence-electron chi connectivity index (χ4n) is 4.18. The zero-order chi connectivity index (χ0) is 20.4. The Morgan fingerprint density at radius 3 is 2.52 bits per heavy atom. The third kappa shape index (κ3) is 3.99. The molecule has 0 atom stereocenters. The third-order valence-electron chi connectivity index (χ3n) is 5.84. The first kappa shape index (κ1) is 19.1. The molecule has 0 spiro atoms. The predicted molar refractivity (Wildman–Crippen MR) is 108 cm³/mol. The first-order chi connectivity index (χ1) is 14.0. The molecule has 1 aromatic heterocycles. The molecule has 1 aliphatic heterocycles. The number of anilines is 2. The second-order valence-electron chi connectivity index (χ2n) is 7.67. The van der Waals surface area contributed by atoms with Gasteiger partial charge in [-0.15, -0.1) is 0 Å². The minimum Gasteiger partial charge on any atom is -0.481 e. The van der Waals surface area contributed by atoms with Gasteiger partial charge in [-0.1, -0.05) is 0 Å². The van der Waals surface area contributed by atoms with Gasteiger partial charge >= 0.3 is 5.97 Å². The second kappa shape index (κ2) is 8.03. The number of nitrogens with zero attached hydrogens (tertiary/aromatic N) is 2. The van der Waals surface area contributed by atoms with Crippen LogP contribution in [0.25, 0.3) is 0 Å². The van der Waals surface area contributed by atoms with Crippen LogP contribution in [0.15, 0.2) is 42.7 Å². The lowest BCUT2D eigenvalue weighted by Gasteiger charge is -2.25. The van der Waals surface area contributed by atoms with Crippen molar-refractivity contribution < 1.29 is 19.5 Å². The van der Waals surface area contributed by atoms with Crippen LogP contribution in [0.5, 0.6) is 0 Å². The number of amides is 2. The number of pyridine rings is 1. The maximum atomic E-state index is 12.7. The van der Waals surface area contributed by atoms with Crippen molar-refractivity contribution in [2.24, 2.45) is 11.8 Å². The van der Waals surface area contributed by atoms with Gasteiger partial charge in [0.25, 0.3) is 5.91 Å². The van der Waals surface area contributed by atoms with E-state index in [1.807, 2.05) is 18.2 Å². The number of hydrogen-bond acceptors (Lipinski definition) is 4. The zero-order valence-electron chi connectivity index (χ0n) is 16.0. The van der Waals surface area contributed by atoms with E-state index in [1.165, 1.54) is 0 Å². The van der Waals surface area contributed by atoms with Gasteiger partial charge in [0.1, 0.15) is 0 Å². The van der Waals surface area contributed by atoms with Gasteiger partial charge in [0.2, 0.25) is 5.91 Å². The number of aliphatic carboxylic acids is 1. The molecule has 1 fully saturated rings. The Morgan fingerprint density at radius 1 is 1.07 bits per heavy atom. The molecule has 150 valence electrons. The lowest BCUT2D eigenvalue weighted by atomic mass is 9.81. The Balaban J connectivity index is 1.41. The van der Waals surface area contributed by atoms with Crippen LogP contribution in [0, 0.1) is 11.8 Å². The Morgan fingerprint density at radius 2 is 1.83 bits per heavy atom. The van der Waals surface area contributed by atoms with E-state index in [9.17, 15) is 14.4 Å². The van der Waals surface area contributed by atoms with Gasteiger partial charge in [-0.05, 0) is 68.0 Å². The van der Waals surface area contributed by atoms with E-state index >= 15 is 0 Å². The number of benzene rings is 1. The van der Waals surface area contributed by atoms with Gasteiger partial charge in [-0.3, -0.25) is 19.4 Å². The van der Waals surface area contributed by atoms with Crippen LogP contribution in [0.2, 0.25) is 0 Å². The average Bonchev–Trinajstić information content (AvgIpc) is 3.17. The highest BCUT2D eigenvalue weighted by Gasteiger charge is 2.30. The summed E-state index contributed by atoms with van der Waals surface area (Å²) < 4.78 is 0. The zero-order valence-corrected chi connectivity index (χ0v) is 16.0. The Hall–Kier alpha value is -3.22. The van der Waals surface area contributed by atoms with E-state index in [1.54, 1.807) is 29.4 Å². The third-order valence-corrected chi connectivity index (χ3v) is 5.84. The summed E-state index contributed by atoms with van der Waals surface area (Å²) in [5.41, 5.74) is 3.15. The van der Waals surface area contributed by atoms with Gasteiger partial charge in [-0.25, -0.2) is 0 Å². The van der Waals surface area contributed by atoms with Crippen molar-refractivity contribution in [1.29, 1.82) is 0 Å². The molecule has 1 saturated carbocycles. The van der Waals surface area contributed by atoms with Crippen LogP contribution in [0.3, 0.4) is 0 Å². The molecule has 7 nitrogen and oxygen atoms in total. The second-order valence-corrected chi connectivity index (χ2v) is 7.67. The molecular weight excluding hydrogens is 370 g/mol. The molecule has 0 radical (unpaired) electrons. The molecule has 0 bridgehead atoms. The fraction of sp³-hybridized carbons (Fsp3) is 0.364. The Kier molecular flexibility index (Phi) is 5.29. The molecule has 2 aromatic rings. The van der Waals surface area contributed by atoms with E-state index in [0.717, 1.165) is 17.7 Å². The van der Waals surface area contributed by atoms with Gasteiger partial charge < -0.3 is 15.3 Å². The Bertz CT molecular complexity index is 936. The number of carbonyl (C=O) groups excluding carboxylic acids is 2. The van der Waals surface area contributed by atoms with Crippen LogP contribution in [-0.2, 0) is 16.0 Å². The molecule has 2 amide bonds. The predicted octanol–water partition coefficient (Wildman–Crippen LogP) is 3.11. The number of carbonyl (C=O) groups is 3. The molecular formula is C22H23N3O4. The summed E-state index contributed by atoms with van der Waals surface area (Å²) in [4.78, 5) is 42.1. The monoisotopic (exact) mass is 393 g/mol. The first-order valence-electron chi connectivity index (χ1n) is 9.91. The number of carboxylic acid groups (broad SMARTS) is 1. The van der Waals surface area contributed by atoms with Crippen molar-refractivity contribution in [3.8, 4) is 0 Å². The average molecular weight is 393 g/mol. The standard InChI is InChI=1S/C22H23N3O4/c26-20(14-3-5-15(6-4-14)22(28)29)24-18-7-8-19-16(12-18)9-11-25(19)21(27)17-2-1-10-23-13-17/h1-2,7-8,10,12-15H,3-6,9,11H2,(H,24,26)(H,28,29). The molecule has 2 N–H and O–H groups in total. The smallest absolute Gasteiger partial charge is 0.306 e. The van der Waals surface area contributed by atoms with Crippen molar-refractivity contribution in [3.63, 3.8) is 0 Å². The van der Waals surface area contributed by atoms with Gasteiger partial charge in [0.15, 0.2) is 0 Å². The minimum absolute atomic E-state index is 0.0601. The van der Waals surface area contributed by atoms with Crippen molar-refractivity contribution in [2.75, 3.05) is 16.8 Å². The summed E-state index contributed by atoms with van der Waals surface area (Å²) in [7, 11) is 0. The molecule has 2 aliphatic rings. The number of fused-ring (bicyclic) bond motifs is 1. The maximum Gasteiger partial charge on any atom is 0.306 e. The molecule has 29 heavy (non-hydrogen) atoms. The van der Waals surface area contributed by atoms with Crippen LogP contribution >= 0.6 is 0 Å². The van der Waals surface area contributed by atoms with Gasteiger partial charge in [0.05, 0.1) is 11.5 Å². The van der Waals surface area contributed by atoms with Crippen LogP contribution in [0.4, 0.5) is 11.4 Å². The summed E-state index contributed by atoms with van der Waals surface area (Å²) in [5.74, 6) is -1.39. The number of aromatic nitrogens is 1. The number of hydrogen-bond donors (Lipinski definition) is 2. The number of rotatable bonds is 4. The SMILES string of the molecule is O=C(O)C1CCC(C(=O)Nc2ccc3c(c2)CCN3C(=O)c2cccnc2)CC1. The highest BCUT2D eigenvalue weighted by Crippen LogP contribution is 2.33. The summed E-state index contributed by atoms with van der Waals surface area (Å²) in [5, 5.41) is 12.1. The highest BCUT2D eigenvalue weighted by atomic mass is 16.4. The van der Waals surface area contributed by atoms with Crippen LogP contribution < -0.4 is 10.2 Å². The molecule has 2 heterocycles. The van der Waals surface area contributed by atoms with E-state index in [-0.39, 0.29) is 23.7 Å². The quantitative estimate of drug-likeness (QED) is 0.831. The summed E-state index contributed by atoms with van der Waals surface area (Å²) in [6, 6.07) is 9.10. The van der Waals surface area contributed by atoms with Crippen molar-refractivity contribution in [2.45, 2.75) is 32.1 Å². The topological polar surface area (TPSA) is 99.6 Å². The van der Waals surface area contributed by atoms with E-state index in [2.05, 4.69) is 10.3 Å². The van der Waals surface area contributed by atoms with Gasteiger partial charge in [0, 0.05) is 36.2 Å². The van der Waals surface area contributed by atoms with Crippen molar-refractivity contribution in [1.82, 2.24) is 4.98 Å². The summed E-state index contributed by atoms with van der Waals surface area (Å²) in [6.45, 7) is 0.597. The molecule has 1 aliphatic carbocycles. The van der Waals surface area contributed by atoms with E-state index in [4.69, 9.17) is 5.11 Å². The normalized spacial score (nSPS) is 20.8. The van der Waals surface area contributed by atoms with Crippen molar-refractivity contribution in [3.05, 3.63) is 53.9 Å². The lowest BCUT2D eigenvalue weighted by molar-refractivity contribution is -0.143. The number of carboxylic acids is 1. The molecule has 7 heteroatoms. The van der Waals surface area contributed by atoms with Crippen LogP contribution in [0.1, 0.15) is 41.6 Å². The summed E-state index contributed by atoms with van der Waals surface area (Å²) >= 11 is 0. The van der Waals surface area contributed by atoms with E-state index < -0.39 is 5.97 Å². The van der Waals surface area contributed by atoms with Crippen LogP contribution in [-0.4, -0.2) is 34.4 Å². The molecule has 0 saturated heterocycles.